The summed E-state index contributed by atoms with van der Waals surface area (Å²) in [6.45, 7) is 0. The monoisotopic (exact) mass is 412 g/mol. The standard InChI is InChI=1S/C15H13IN2S2/c16-14-6-11(8-19-14)12(17)7-15-18-13(9-20-15)10-4-2-1-3-5-10/h1-6,8-9,12H,7,17H2. The molecule has 0 aliphatic heterocycles. The highest BCUT2D eigenvalue weighted by atomic mass is 127. The van der Waals surface area contributed by atoms with E-state index in [4.69, 9.17) is 10.7 Å². The van der Waals surface area contributed by atoms with Crippen LogP contribution >= 0.6 is 45.3 Å². The Kier molecular flexibility index (Phi) is 4.50. The zero-order chi connectivity index (χ0) is 13.9. The summed E-state index contributed by atoms with van der Waals surface area (Å²) in [7, 11) is 0. The lowest BCUT2D eigenvalue weighted by atomic mass is 10.1. The van der Waals surface area contributed by atoms with Gasteiger partial charge in [-0.15, -0.1) is 22.7 Å². The highest BCUT2D eigenvalue weighted by molar-refractivity contribution is 14.1. The van der Waals surface area contributed by atoms with Crippen molar-refractivity contribution in [2.24, 2.45) is 5.73 Å². The number of aromatic nitrogens is 1. The summed E-state index contributed by atoms with van der Waals surface area (Å²) in [6, 6.07) is 12.4. The number of nitrogens with two attached hydrogens (primary N) is 1. The van der Waals surface area contributed by atoms with Crippen LogP contribution in [0, 0.1) is 2.88 Å². The van der Waals surface area contributed by atoms with Crippen molar-refractivity contribution in [2.45, 2.75) is 12.5 Å². The van der Waals surface area contributed by atoms with Gasteiger partial charge in [-0.25, -0.2) is 4.98 Å². The van der Waals surface area contributed by atoms with Crippen LogP contribution in [-0.4, -0.2) is 4.98 Å². The lowest BCUT2D eigenvalue weighted by Gasteiger charge is -2.06. The first kappa shape index (κ1) is 14.2. The summed E-state index contributed by atoms with van der Waals surface area (Å²) in [5.41, 5.74) is 9.66. The summed E-state index contributed by atoms with van der Waals surface area (Å²) in [5, 5.41) is 5.34. The normalized spacial score (nSPS) is 12.5. The molecule has 2 heterocycles. The van der Waals surface area contributed by atoms with E-state index in [9.17, 15) is 0 Å². The number of thiophene rings is 1. The van der Waals surface area contributed by atoms with Gasteiger partial charge < -0.3 is 5.73 Å². The number of hydrogen-bond acceptors (Lipinski definition) is 4. The van der Waals surface area contributed by atoms with Crippen molar-refractivity contribution in [1.82, 2.24) is 4.98 Å². The molecule has 2 N–H and O–H groups in total. The number of rotatable bonds is 4. The third kappa shape index (κ3) is 3.28. The Labute approximate surface area is 139 Å². The van der Waals surface area contributed by atoms with Crippen LogP contribution in [-0.2, 0) is 6.42 Å². The molecule has 1 unspecified atom stereocenters. The highest BCUT2D eigenvalue weighted by Gasteiger charge is 2.12. The molecule has 0 fully saturated rings. The first-order valence-corrected chi connectivity index (χ1v) is 9.05. The van der Waals surface area contributed by atoms with Crippen LogP contribution in [0.15, 0.2) is 47.2 Å². The number of hydrogen-bond donors (Lipinski definition) is 1. The average molecular weight is 412 g/mol. The molecule has 1 aromatic carbocycles. The van der Waals surface area contributed by atoms with E-state index < -0.39 is 0 Å². The van der Waals surface area contributed by atoms with E-state index in [-0.39, 0.29) is 6.04 Å². The van der Waals surface area contributed by atoms with Crippen molar-refractivity contribution in [3.8, 4) is 11.3 Å². The van der Waals surface area contributed by atoms with E-state index >= 15 is 0 Å². The minimum Gasteiger partial charge on any atom is -0.324 e. The van der Waals surface area contributed by atoms with Gasteiger partial charge in [-0.3, -0.25) is 0 Å². The van der Waals surface area contributed by atoms with Gasteiger partial charge >= 0.3 is 0 Å². The predicted molar refractivity (Wildman–Crippen MR) is 95.2 cm³/mol. The number of thiazole rings is 1. The van der Waals surface area contributed by atoms with Crippen LogP contribution in [0.2, 0.25) is 0 Å². The molecule has 2 nitrogen and oxygen atoms in total. The molecule has 0 saturated carbocycles. The molecule has 3 rings (SSSR count). The minimum absolute atomic E-state index is 0.0320. The van der Waals surface area contributed by atoms with Crippen LogP contribution in [0.1, 0.15) is 16.6 Å². The number of benzene rings is 1. The van der Waals surface area contributed by atoms with Gasteiger partial charge in [-0.1, -0.05) is 30.3 Å². The summed E-state index contributed by atoms with van der Waals surface area (Å²) in [6.07, 6.45) is 0.796. The van der Waals surface area contributed by atoms with E-state index in [1.54, 1.807) is 22.7 Å². The molecule has 1 atom stereocenters. The van der Waals surface area contributed by atoms with E-state index in [2.05, 4.69) is 51.6 Å². The molecule has 102 valence electrons. The fourth-order valence-corrected chi connectivity index (χ4v) is 4.27. The average Bonchev–Trinajstić information content (AvgIpc) is 3.09. The van der Waals surface area contributed by atoms with Crippen LogP contribution < -0.4 is 5.73 Å². The van der Waals surface area contributed by atoms with Crippen LogP contribution in [0.4, 0.5) is 0 Å². The second-order valence-corrected chi connectivity index (χ2v) is 8.24. The van der Waals surface area contributed by atoms with Crippen molar-refractivity contribution < 1.29 is 0 Å². The summed E-state index contributed by atoms with van der Waals surface area (Å²) in [4.78, 5) is 4.69. The van der Waals surface area contributed by atoms with Gasteiger partial charge in [0.25, 0.3) is 0 Å². The van der Waals surface area contributed by atoms with Gasteiger partial charge in [0, 0.05) is 23.4 Å². The second-order valence-electron chi connectivity index (χ2n) is 4.49. The van der Waals surface area contributed by atoms with Crippen molar-refractivity contribution in [1.29, 1.82) is 0 Å². The Balaban J connectivity index is 1.74. The quantitative estimate of drug-likeness (QED) is 0.630. The van der Waals surface area contributed by atoms with E-state index in [1.807, 2.05) is 18.2 Å². The van der Waals surface area contributed by atoms with Gasteiger partial charge in [0.2, 0.25) is 0 Å². The summed E-state index contributed by atoms with van der Waals surface area (Å²) in [5.74, 6) is 0. The van der Waals surface area contributed by atoms with Gasteiger partial charge in [0.1, 0.15) is 0 Å². The Hall–Kier alpha value is -0.760. The molecule has 0 saturated heterocycles. The molecule has 0 spiro atoms. The molecule has 20 heavy (non-hydrogen) atoms. The number of nitrogens with zero attached hydrogens (tertiary/aromatic N) is 1. The first-order chi connectivity index (χ1) is 9.72. The van der Waals surface area contributed by atoms with Gasteiger partial charge in [0.15, 0.2) is 0 Å². The maximum absolute atomic E-state index is 6.26. The van der Waals surface area contributed by atoms with E-state index in [1.165, 1.54) is 8.45 Å². The minimum atomic E-state index is 0.0320. The molecule has 5 heteroatoms. The van der Waals surface area contributed by atoms with Gasteiger partial charge in [-0.2, -0.15) is 0 Å². The van der Waals surface area contributed by atoms with E-state index in [0.29, 0.717) is 0 Å². The molecule has 0 aliphatic carbocycles. The maximum atomic E-state index is 6.26. The molecule has 0 amide bonds. The zero-order valence-electron chi connectivity index (χ0n) is 10.6. The van der Waals surface area contributed by atoms with Crippen LogP contribution in [0.25, 0.3) is 11.3 Å². The fourth-order valence-electron chi connectivity index (χ4n) is 1.97. The third-order valence-electron chi connectivity index (χ3n) is 3.03. The Morgan fingerprint density at radius 3 is 2.65 bits per heavy atom. The Bertz CT molecular complexity index is 691. The summed E-state index contributed by atoms with van der Waals surface area (Å²) >= 11 is 5.75. The number of halogens is 1. The van der Waals surface area contributed by atoms with Crippen LogP contribution in [0.3, 0.4) is 0 Å². The van der Waals surface area contributed by atoms with E-state index in [0.717, 1.165) is 22.7 Å². The Morgan fingerprint density at radius 1 is 1.15 bits per heavy atom. The summed E-state index contributed by atoms with van der Waals surface area (Å²) < 4.78 is 1.28. The highest BCUT2D eigenvalue weighted by Crippen LogP contribution is 2.27. The molecular formula is C15H13IN2S2. The van der Waals surface area contributed by atoms with Crippen LogP contribution in [0.5, 0.6) is 0 Å². The van der Waals surface area contributed by atoms with Crippen molar-refractivity contribution >= 4 is 45.3 Å². The topological polar surface area (TPSA) is 38.9 Å². The maximum Gasteiger partial charge on any atom is 0.0951 e. The molecule has 0 bridgehead atoms. The largest absolute Gasteiger partial charge is 0.324 e. The molecule has 0 radical (unpaired) electrons. The smallest absolute Gasteiger partial charge is 0.0951 e. The fraction of sp³-hybridized carbons (Fsp3) is 0.133. The van der Waals surface area contributed by atoms with Crippen molar-refractivity contribution in [3.63, 3.8) is 0 Å². The van der Waals surface area contributed by atoms with Crippen molar-refractivity contribution in [2.75, 3.05) is 0 Å². The molecule has 3 aromatic rings. The first-order valence-electron chi connectivity index (χ1n) is 6.22. The zero-order valence-corrected chi connectivity index (χ0v) is 14.4. The third-order valence-corrected chi connectivity index (χ3v) is 5.71. The van der Waals surface area contributed by atoms with Gasteiger partial charge in [-0.05, 0) is 39.6 Å². The molecule has 2 aromatic heterocycles. The van der Waals surface area contributed by atoms with Gasteiger partial charge in [0.05, 0.1) is 13.6 Å². The molecule has 0 aliphatic rings. The lowest BCUT2D eigenvalue weighted by molar-refractivity contribution is 0.721. The lowest BCUT2D eigenvalue weighted by Crippen LogP contribution is -2.12. The SMILES string of the molecule is NC(Cc1nc(-c2ccccc2)cs1)c1csc(I)c1. The van der Waals surface area contributed by atoms with Crippen molar-refractivity contribution in [3.05, 3.63) is 60.6 Å². The Morgan fingerprint density at radius 2 is 1.95 bits per heavy atom. The molecular weight excluding hydrogens is 399 g/mol. The second kappa shape index (κ2) is 6.34. The predicted octanol–water partition coefficient (Wildman–Crippen LogP) is 4.72.